The molecule has 0 saturated carbocycles. The molecule has 0 amide bonds. The molecule has 1 saturated heterocycles. The maximum atomic E-state index is 13.3. The summed E-state index contributed by atoms with van der Waals surface area (Å²) in [5, 5.41) is 14.3. The SMILES string of the molecule is CNC1(C)CCN(c2cc(F)ccc2[N+](=O)[O-])CC1. The molecule has 0 aliphatic carbocycles. The van der Waals surface area contributed by atoms with Crippen molar-refractivity contribution >= 4 is 11.4 Å². The van der Waals surface area contributed by atoms with Crippen LogP contribution in [0.3, 0.4) is 0 Å². The summed E-state index contributed by atoms with van der Waals surface area (Å²) in [6.45, 7) is 3.49. The first-order valence-electron chi connectivity index (χ1n) is 6.33. The van der Waals surface area contributed by atoms with Gasteiger partial charge in [-0.1, -0.05) is 0 Å². The Kier molecular flexibility index (Phi) is 3.71. The molecule has 1 N–H and O–H groups in total. The number of piperidine rings is 1. The normalized spacial score (nSPS) is 18.4. The number of rotatable bonds is 3. The third-order valence-corrected chi connectivity index (χ3v) is 3.95. The zero-order valence-corrected chi connectivity index (χ0v) is 11.1. The van der Waals surface area contributed by atoms with Crippen molar-refractivity contribution in [1.82, 2.24) is 5.32 Å². The summed E-state index contributed by atoms with van der Waals surface area (Å²) in [4.78, 5) is 12.4. The van der Waals surface area contributed by atoms with Crippen molar-refractivity contribution in [3.63, 3.8) is 0 Å². The molecule has 0 spiro atoms. The van der Waals surface area contributed by atoms with Gasteiger partial charge in [0, 0.05) is 30.8 Å². The number of nitrogens with zero attached hydrogens (tertiary/aromatic N) is 2. The van der Waals surface area contributed by atoms with Crippen LogP contribution in [0.25, 0.3) is 0 Å². The predicted molar refractivity (Wildman–Crippen MR) is 72.0 cm³/mol. The summed E-state index contributed by atoms with van der Waals surface area (Å²) in [5.41, 5.74) is 0.399. The van der Waals surface area contributed by atoms with Crippen LogP contribution in [0.2, 0.25) is 0 Å². The van der Waals surface area contributed by atoms with Crippen LogP contribution in [0.15, 0.2) is 18.2 Å². The molecule has 0 aromatic heterocycles. The standard InChI is InChI=1S/C13H18FN3O2/c1-13(15-2)5-7-16(8-6-13)12-9-10(14)3-4-11(12)17(18)19/h3-4,9,15H,5-8H2,1-2H3. The minimum absolute atomic E-state index is 0.0329. The number of halogens is 1. The van der Waals surface area contributed by atoms with Crippen LogP contribution in [0.1, 0.15) is 19.8 Å². The zero-order chi connectivity index (χ0) is 14.0. The van der Waals surface area contributed by atoms with E-state index in [0.717, 1.165) is 18.9 Å². The van der Waals surface area contributed by atoms with E-state index < -0.39 is 10.7 Å². The maximum Gasteiger partial charge on any atom is 0.292 e. The molecule has 1 aromatic carbocycles. The first-order chi connectivity index (χ1) is 8.95. The Balaban J connectivity index is 2.24. The molecule has 0 atom stereocenters. The minimum Gasteiger partial charge on any atom is -0.366 e. The van der Waals surface area contributed by atoms with E-state index in [4.69, 9.17) is 0 Å². The molecule has 5 nitrogen and oxygen atoms in total. The second-order valence-corrected chi connectivity index (χ2v) is 5.19. The van der Waals surface area contributed by atoms with E-state index >= 15 is 0 Å². The Morgan fingerprint density at radius 3 is 2.58 bits per heavy atom. The Labute approximate surface area is 111 Å². The molecule has 2 rings (SSSR count). The number of benzene rings is 1. The van der Waals surface area contributed by atoms with Crippen molar-refractivity contribution in [1.29, 1.82) is 0 Å². The van der Waals surface area contributed by atoms with Crippen LogP contribution < -0.4 is 10.2 Å². The molecule has 0 unspecified atom stereocenters. The van der Waals surface area contributed by atoms with Gasteiger partial charge >= 0.3 is 0 Å². The van der Waals surface area contributed by atoms with Crippen LogP contribution in [0.4, 0.5) is 15.8 Å². The maximum absolute atomic E-state index is 13.3. The van der Waals surface area contributed by atoms with Crippen molar-refractivity contribution in [3.8, 4) is 0 Å². The first-order valence-corrected chi connectivity index (χ1v) is 6.33. The third kappa shape index (κ3) is 2.84. The van der Waals surface area contributed by atoms with Gasteiger partial charge in [-0.05, 0) is 32.9 Å². The molecular weight excluding hydrogens is 249 g/mol. The van der Waals surface area contributed by atoms with E-state index in [-0.39, 0.29) is 11.2 Å². The smallest absolute Gasteiger partial charge is 0.292 e. The number of nitro groups is 1. The monoisotopic (exact) mass is 267 g/mol. The largest absolute Gasteiger partial charge is 0.366 e. The highest BCUT2D eigenvalue weighted by Gasteiger charge is 2.31. The van der Waals surface area contributed by atoms with Gasteiger partial charge in [0.1, 0.15) is 11.5 Å². The van der Waals surface area contributed by atoms with E-state index in [1.54, 1.807) is 0 Å². The second kappa shape index (κ2) is 5.13. The topological polar surface area (TPSA) is 58.4 Å². The lowest BCUT2D eigenvalue weighted by Crippen LogP contribution is -2.50. The average Bonchev–Trinajstić information content (AvgIpc) is 2.39. The van der Waals surface area contributed by atoms with Crippen LogP contribution >= 0.6 is 0 Å². The fraction of sp³-hybridized carbons (Fsp3) is 0.538. The molecule has 1 aromatic rings. The molecule has 6 heteroatoms. The second-order valence-electron chi connectivity index (χ2n) is 5.19. The number of anilines is 1. The Hall–Kier alpha value is -1.69. The van der Waals surface area contributed by atoms with Crippen LogP contribution in [-0.4, -0.2) is 30.6 Å². The van der Waals surface area contributed by atoms with Crippen molar-refractivity contribution in [2.45, 2.75) is 25.3 Å². The van der Waals surface area contributed by atoms with E-state index in [9.17, 15) is 14.5 Å². The van der Waals surface area contributed by atoms with Gasteiger partial charge in [0.05, 0.1) is 4.92 Å². The Morgan fingerprint density at radius 2 is 2.05 bits per heavy atom. The highest BCUT2D eigenvalue weighted by atomic mass is 19.1. The van der Waals surface area contributed by atoms with Crippen molar-refractivity contribution in [2.75, 3.05) is 25.0 Å². The first kappa shape index (κ1) is 13.7. The fourth-order valence-electron chi connectivity index (χ4n) is 2.40. The Bertz CT molecular complexity index is 485. The third-order valence-electron chi connectivity index (χ3n) is 3.95. The average molecular weight is 267 g/mol. The molecule has 1 fully saturated rings. The molecule has 104 valence electrons. The van der Waals surface area contributed by atoms with E-state index in [1.807, 2.05) is 11.9 Å². The summed E-state index contributed by atoms with van der Waals surface area (Å²) in [7, 11) is 1.92. The van der Waals surface area contributed by atoms with Gasteiger partial charge in [-0.25, -0.2) is 4.39 Å². The van der Waals surface area contributed by atoms with Crippen molar-refractivity contribution < 1.29 is 9.31 Å². The van der Waals surface area contributed by atoms with E-state index in [1.165, 1.54) is 12.1 Å². The van der Waals surface area contributed by atoms with Gasteiger partial charge < -0.3 is 10.2 Å². The van der Waals surface area contributed by atoms with Gasteiger partial charge in [-0.3, -0.25) is 10.1 Å². The van der Waals surface area contributed by atoms with E-state index in [0.29, 0.717) is 18.8 Å². The van der Waals surface area contributed by atoms with Crippen LogP contribution in [0.5, 0.6) is 0 Å². The lowest BCUT2D eigenvalue weighted by Gasteiger charge is -2.40. The lowest BCUT2D eigenvalue weighted by molar-refractivity contribution is -0.384. The van der Waals surface area contributed by atoms with Crippen molar-refractivity contribution in [2.24, 2.45) is 0 Å². The van der Waals surface area contributed by atoms with Gasteiger partial charge in [0.15, 0.2) is 0 Å². The lowest BCUT2D eigenvalue weighted by atomic mass is 9.89. The number of hydrogen-bond acceptors (Lipinski definition) is 4. The molecule has 0 radical (unpaired) electrons. The summed E-state index contributed by atoms with van der Waals surface area (Å²) < 4.78 is 13.3. The van der Waals surface area contributed by atoms with E-state index in [2.05, 4.69) is 12.2 Å². The molecule has 1 heterocycles. The molecule has 1 aliphatic rings. The highest BCUT2D eigenvalue weighted by molar-refractivity contribution is 5.63. The number of hydrogen-bond donors (Lipinski definition) is 1. The predicted octanol–water partition coefficient (Wildman–Crippen LogP) is 2.31. The molecular formula is C13H18FN3O2. The molecule has 0 bridgehead atoms. The quantitative estimate of drug-likeness (QED) is 0.674. The summed E-state index contributed by atoms with van der Waals surface area (Å²) >= 11 is 0. The van der Waals surface area contributed by atoms with Crippen LogP contribution in [-0.2, 0) is 0 Å². The summed E-state index contributed by atoms with van der Waals surface area (Å²) in [5.74, 6) is -0.442. The Morgan fingerprint density at radius 1 is 1.42 bits per heavy atom. The molecule has 1 aliphatic heterocycles. The minimum atomic E-state index is -0.458. The van der Waals surface area contributed by atoms with Crippen LogP contribution in [0, 0.1) is 15.9 Å². The number of nitrogens with one attached hydrogen (secondary N) is 1. The number of nitro benzene ring substituents is 1. The summed E-state index contributed by atoms with van der Waals surface area (Å²) in [6, 6.07) is 3.61. The zero-order valence-electron chi connectivity index (χ0n) is 11.1. The summed E-state index contributed by atoms with van der Waals surface area (Å²) in [6.07, 6.45) is 1.74. The van der Waals surface area contributed by atoms with Gasteiger partial charge in [-0.2, -0.15) is 0 Å². The highest BCUT2D eigenvalue weighted by Crippen LogP contribution is 2.32. The van der Waals surface area contributed by atoms with Gasteiger partial charge in [-0.15, -0.1) is 0 Å². The van der Waals surface area contributed by atoms with Crippen molar-refractivity contribution in [3.05, 3.63) is 34.1 Å². The fourth-order valence-corrected chi connectivity index (χ4v) is 2.40. The van der Waals surface area contributed by atoms with Gasteiger partial charge in [0.25, 0.3) is 5.69 Å². The molecule has 19 heavy (non-hydrogen) atoms. The van der Waals surface area contributed by atoms with Gasteiger partial charge in [0.2, 0.25) is 0 Å².